The van der Waals surface area contributed by atoms with Crippen LogP contribution < -0.4 is 0 Å². The zero-order valence-corrected chi connectivity index (χ0v) is 23.3. The second kappa shape index (κ2) is 11.2. The largest absolute Gasteiger partial charge is 0.448 e. The molecule has 1 amide bonds. The SMILES string of the molecule is O=C(OC(c1ccccc1)c1ccccc1)C1=C(Sc2ccccc2)CS(=O)(=O)[C@@H]2/C(=C\c3ccccn3)C(=O)N12. The van der Waals surface area contributed by atoms with Gasteiger partial charge in [-0.3, -0.25) is 14.7 Å². The van der Waals surface area contributed by atoms with Crippen molar-refractivity contribution in [2.24, 2.45) is 0 Å². The fourth-order valence-electron chi connectivity index (χ4n) is 4.88. The van der Waals surface area contributed by atoms with Crippen molar-refractivity contribution in [3.05, 3.63) is 148 Å². The molecule has 0 bridgehead atoms. The number of pyridine rings is 1. The molecule has 1 fully saturated rings. The average molecular weight is 581 g/mol. The number of rotatable bonds is 7. The van der Waals surface area contributed by atoms with E-state index in [1.807, 2.05) is 91.0 Å². The van der Waals surface area contributed by atoms with Crippen LogP contribution in [0, 0.1) is 0 Å². The molecule has 7 nitrogen and oxygen atoms in total. The molecule has 3 aromatic carbocycles. The Balaban J connectivity index is 1.43. The molecule has 0 unspecified atom stereocenters. The summed E-state index contributed by atoms with van der Waals surface area (Å²) in [5, 5.41) is -1.30. The van der Waals surface area contributed by atoms with Gasteiger partial charge in [0.05, 0.1) is 17.0 Å². The molecule has 1 atom stereocenters. The van der Waals surface area contributed by atoms with Crippen LogP contribution in [0.2, 0.25) is 0 Å². The van der Waals surface area contributed by atoms with E-state index in [0.717, 1.165) is 32.7 Å². The highest BCUT2D eigenvalue weighted by Gasteiger charge is 2.57. The van der Waals surface area contributed by atoms with E-state index >= 15 is 0 Å². The van der Waals surface area contributed by atoms with Crippen LogP contribution in [0.5, 0.6) is 0 Å². The molecule has 0 spiro atoms. The zero-order chi connectivity index (χ0) is 28.4. The first-order valence-electron chi connectivity index (χ1n) is 12.9. The smallest absolute Gasteiger partial charge is 0.356 e. The Kier molecular flexibility index (Phi) is 7.30. The zero-order valence-electron chi connectivity index (χ0n) is 21.7. The van der Waals surface area contributed by atoms with Gasteiger partial charge >= 0.3 is 5.97 Å². The Labute approximate surface area is 242 Å². The molecule has 0 radical (unpaired) electrons. The summed E-state index contributed by atoms with van der Waals surface area (Å²) in [4.78, 5) is 33.8. The molecule has 204 valence electrons. The van der Waals surface area contributed by atoms with Gasteiger partial charge in [0, 0.05) is 16.0 Å². The van der Waals surface area contributed by atoms with E-state index in [9.17, 15) is 18.0 Å². The molecule has 6 rings (SSSR count). The van der Waals surface area contributed by atoms with Crippen LogP contribution in [-0.2, 0) is 24.2 Å². The summed E-state index contributed by atoms with van der Waals surface area (Å²) in [6, 6.07) is 32.9. The minimum Gasteiger partial charge on any atom is -0.448 e. The van der Waals surface area contributed by atoms with Crippen LogP contribution in [-0.4, -0.2) is 41.3 Å². The van der Waals surface area contributed by atoms with Gasteiger partial charge < -0.3 is 4.74 Å². The number of hydrogen-bond donors (Lipinski definition) is 0. The van der Waals surface area contributed by atoms with Gasteiger partial charge in [-0.1, -0.05) is 96.7 Å². The van der Waals surface area contributed by atoms with E-state index in [1.165, 1.54) is 6.08 Å². The number of hydrogen-bond acceptors (Lipinski definition) is 7. The third kappa shape index (κ3) is 5.33. The number of β-lactam (4-membered cyclic amide) rings is 1. The maximum Gasteiger partial charge on any atom is 0.356 e. The maximum absolute atomic E-state index is 14.1. The van der Waals surface area contributed by atoms with Crippen LogP contribution in [0.3, 0.4) is 0 Å². The lowest BCUT2D eigenvalue weighted by Crippen LogP contribution is -2.62. The van der Waals surface area contributed by atoms with Crippen molar-refractivity contribution in [1.29, 1.82) is 0 Å². The Morgan fingerprint density at radius 2 is 1.46 bits per heavy atom. The minimum atomic E-state index is -3.87. The number of aromatic nitrogens is 1. The van der Waals surface area contributed by atoms with Gasteiger partial charge in [-0.15, -0.1) is 0 Å². The number of ether oxygens (including phenoxy) is 1. The van der Waals surface area contributed by atoms with Crippen molar-refractivity contribution in [2.45, 2.75) is 16.4 Å². The number of fused-ring (bicyclic) bond motifs is 1. The molecular weight excluding hydrogens is 556 g/mol. The normalized spacial score (nSPS) is 18.7. The van der Waals surface area contributed by atoms with Crippen LogP contribution in [0.15, 0.2) is 136 Å². The molecule has 2 aliphatic heterocycles. The summed E-state index contributed by atoms with van der Waals surface area (Å²) in [7, 11) is -3.87. The van der Waals surface area contributed by atoms with Gasteiger partial charge in [-0.25, -0.2) is 13.2 Å². The van der Waals surface area contributed by atoms with Gasteiger partial charge in [0.25, 0.3) is 5.91 Å². The summed E-state index contributed by atoms with van der Waals surface area (Å²) in [5.41, 5.74) is 1.96. The van der Waals surface area contributed by atoms with Gasteiger partial charge in [-0.2, -0.15) is 0 Å². The molecule has 9 heteroatoms. The van der Waals surface area contributed by atoms with Crippen molar-refractivity contribution >= 4 is 39.6 Å². The van der Waals surface area contributed by atoms with E-state index < -0.39 is 38.9 Å². The molecule has 1 aromatic heterocycles. The summed E-state index contributed by atoms with van der Waals surface area (Å²) in [6.45, 7) is 0. The van der Waals surface area contributed by atoms with Crippen LogP contribution >= 0.6 is 11.8 Å². The minimum absolute atomic E-state index is 0.0567. The molecular formula is C32H24N2O5S2. The number of nitrogens with zero attached hydrogens (tertiary/aromatic N) is 2. The highest BCUT2D eigenvalue weighted by molar-refractivity contribution is 8.04. The lowest BCUT2D eigenvalue weighted by Gasteiger charge is -2.45. The highest BCUT2D eigenvalue weighted by atomic mass is 32.2. The summed E-state index contributed by atoms with van der Waals surface area (Å²) in [5.74, 6) is -1.75. The van der Waals surface area contributed by atoms with Gasteiger partial charge in [-0.05, 0) is 41.5 Å². The molecule has 41 heavy (non-hydrogen) atoms. The standard InChI is InChI=1S/C32H24N2O5S2/c35-30-26(20-24-16-10-11-19-33-24)31-34(30)28(27(21-41(31,37)38)40-25-17-8-3-9-18-25)32(36)39-29(22-12-4-1-5-13-22)23-14-6-2-7-15-23/h1-20,29,31H,21H2/b26-20-/t31-/m1/s1. The topological polar surface area (TPSA) is 93.6 Å². The van der Waals surface area contributed by atoms with E-state index in [1.54, 1.807) is 24.4 Å². The maximum atomic E-state index is 14.1. The summed E-state index contributed by atoms with van der Waals surface area (Å²) >= 11 is 1.14. The predicted octanol–water partition coefficient (Wildman–Crippen LogP) is 5.40. The van der Waals surface area contributed by atoms with Crippen LogP contribution in [0.1, 0.15) is 22.9 Å². The highest BCUT2D eigenvalue weighted by Crippen LogP contribution is 2.45. The molecule has 0 saturated carbocycles. The Morgan fingerprint density at radius 1 is 0.878 bits per heavy atom. The summed E-state index contributed by atoms with van der Waals surface area (Å²) in [6.07, 6.45) is 2.26. The van der Waals surface area contributed by atoms with Crippen molar-refractivity contribution in [3.63, 3.8) is 0 Å². The molecule has 0 aliphatic carbocycles. The van der Waals surface area contributed by atoms with Gasteiger partial charge in [0.15, 0.2) is 21.3 Å². The van der Waals surface area contributed by atoms with E-state index in [-0.39, 0.29) is 16.2 Å². The quantitative estimate of drug-likeness (QED) is 0.164. The molecule has 3 heterocycles. The van der Waals surface area contributed by atoms with Crippen molar-refractivity contribution in [2.75, 3.05) is 5.75 Å². The third-order valence-corrected chi connectivity index (χ3v) is 9.85. The number of carbonyl (C=O) groups is 2. The number of thioether (sulfide) groups is 1. The van der Waals surface area contributed by atoms with E-state index in [4.69, 9.17) is 4.74 Å². The Bertz CT molecular complexity index is 1720. The lowest BCUT2D eigenvalue weighted by molar-refractivity contribution is -0.149. The van der Waals surface area contributed by atoms with Crippen molar-refractivity contribution in [3.8, 4) is 0 Å². The van der Waals surface area contributed by atoms with Gasteiger partial charge in [0.1, 0.15) is 5.70 Å². The third-order valence-electron chi connectivity index (χ3n) is 6.74. The van der Waals surface area contributed by atoms with Crippen LogP contribution in [0.25, 0.3) is 6.08 Å². The first-order chi connectivity index (χ1) is 19.9. The van der Waals surface area contributed by atoms with Gasteiger partial charge in [0.2, 0.25) is 0 Å². The number of amides is 1. The monoisotopic (exact) mass is 580 g/mol. The number of esters is 1. The van der Waals surface area contributed by atoms with E-state index in [0.29, 0.717) is 5.69 Å². The predicted molar refractivity (Wildman–Crippen MR) is 157 cm³/mol. The second-order valence-electron chi connectivity index (χ2n) is 9.48. The molecule has 4 aromatic rings. The first-order valence-corrected chi connectivity index (χ1v) is 15.4. The van der Waals surface area contributed by atoms with Crippen LogP contribution in [0.4, 0.5) is 0 Å². The first kappa shape index (κ1) is 26.7. The van der Waals surface area contributed by atoms with Crippen molar-refractivity contribution in [1.82, 2.24) is 9.88 Å². The Hall–Kier alpha value is -4.47. The molecule has 0 N–H and O–H groups in total. The Morgan fingerprint density at radius 3 is 2.05 bits per heavy atom. The fourth-order valence-corrected chi connectivity index (χ4v) is 8.21. The molecule has 2 aliphatic rings. The van der Waals surface area contributed by atoms with Crippen molar-refractivity contribution < 1.29 is 22.7 Å². The lowest BCUT2D eigenvalue weighted by atomic mass is 10.0. The summed E-state index contributed by atoms with van der Waals surface area (Å²) < 4.78 is 33.3. The number of carbonyl (C=O) groups excluding carboxylic acids is 2. The fraction of sp³-hybridized carbons (Fsp3) is 0.0938. The molecule has 1 saturated heterocycles. The second-order valence-corrected chi connectivity index (χ2v) is 12.7. The number of sulfone groups is 1. The van der Waals surface area contributed by atoms with E-state index in [2.05, 4.69) is 4.98 Å². The number of benzene rings is 3. The average Bonchev–Trinajstić information content (AvgIpc) is 3.00.